The highest BCUT2D eigenvalue weighted by Crippen LogP contribution is 2.38. The number of hydrogen-bond acceptors (Lipinski definition) is 4. The largest absolute Gasteiger partial charge is 0.465 e. The minimum absolute atomic E-state index is 0.145. The van der Waals surface area contributed by atoms with Gasteiger partial charge in [0, 0.05) is 0 Å². The summed E-state index contributed by atoms with van der Waals surface area (Å²) in [5.41, 5.74) is -1.26. The van der Waals surface area contributed by atoms with Gasteiger partial charge in [0.2, 0.25) is 0 Å². The maximum absolute atomic E-state index is 12.3. The second kappa shape index (κ2) is 8.73. The van der Waals surface area contributed by atoms with Crippen LogP contribution in [0.15, 0.2) is 12.7 Å². The Morgan fingerprint density at radius 1 is 1.16 bits per heavy atom. The first-order valence-corrected chi connectivity index (χ1v) is 6.96. The normalized spacial score (nSPS) is 12.6. The van der Waals surface area contributed by atoms with Gasteiger partial charge in [-0.1, -0.05) is 26.3 Å². The number of rotatable bonds is 9. The highest BCUT2D eigenvalue weighted by Gasteiger charge is 2.51. The fourth-order valence-corrected chi connectivity index (χ4v) is 2.28. The zero-order valence-electron chi connectivity index (χ0n) is 12.5. The lowest BCUT2D eigenvalue weighted by molar-refractivity contribution is -0.176. The molecule has 0 heterocycles. The predicted octanol–water partition coefficient (Wildman–Crippen LogP) is 3.11. The Morgan fingerprint density at radius 3 is 1.95 bits per heavy atom. The lowest BCUT2D eigenvalue weighted by Crippen LogP contribution is -2.46. The summed E-state index contributed by atoms with van der Waals surface area (Å²) in [7, 11) is 0. The molecule has 4 heteroatoms. The molecule has 0 unspecified atom stereocenters. The van der Waals surface area contributed by atoms with Gasteiger partial charge in [-0.05, 0) is 32.6 Å². The molecular formula is C15H26O4. The fraction of sp³-hybridized carbons (Fsp3) is 0.733. The van der Waals surface area contributed by atoms with Crippen molar-refractivity contribution in [2.75, 3.05) is 13.2 Å². The van der Waals surface area contributed by atoms with Crippen LogP contribution in [0.2, 0.25) is 0 Å². The van der Waals surface area contributed by atoms with Gasteiger partial charge in [0.15, 0.2) is 5.41 Å². The molecule has 0 aliphatic rings. The van der Waals surface area contributed by atoms with Gasteiger partial charge in [0.05, 0.1) is 13.2 Å². The van der Waals surface area contributed by atoms with Crippen LogP contribution in [0.1, 0.15) is 47.0 Å². The second-order valence-corrected chi connectivity index (χ2v) is 4.59. The lowest BCUT2D eigenvalue weighted by atomic mass is 9.71. The molecular weight excluding hydrogens is 244 g/mol. The third kappa shape index (κ3) is 4.08. The second-order valence-electron chi connectivity index (χ2n) is 4.59. The van der Waals surface area contributed by atoms with Crippen molar-refractivity contribution < 1.29 is 19.1 Å². The van der Waals surface area contributed by atoms with Crippen molar-refractivity contribution in [3.05, 3.63) is 12.7 Å². The van der Waals surface area contributed by atoms with E-state index in [2.05, 4.69) is 6.58 Å². The first kappa shape index (κ1) is 17.7. The molecule has 0 aromatic heterocycles. The molecule has 0 radical (unpaired) electrons. The van der Waals surface area contributed by atoms with Gasteiger partial charge in [-0.2, -0.15) is 0 Å². The van der Waals surface area contributed by atoms with Crippen molar-refractivity contribution >= 4 is 11.9 Å². The Bertz CT molecular complexity index is 291. The van der Waals surface area contributed by atoms with Gasteiger partial charge in [0.1, 0.15) is 0 Å². The first-order valence-electron chi connectivity index (χ1n) is 6.96. The standard InChI is InChI=1S/C15H26O4/c1-6-10-12(5)15(11-7-2,13(16)18-8-3)14(17)19-9-4/h7,12H,2,6,8-11H2,1,3-5H3/t12-/m0/s1. The van der Waals surface area contributed by atoms with Crippen LogP contribution in [0.25, 0.3) is 0 Å². The Balaban J connectivity index is 5.50. The van der Waals surface area contributed by atoms with E-state index in [0.29, 0.717) is 0 Å². The van der Waals surface area contributed by atoms with E-state index >= 15 is 0 Å². The molecule has 0 bridgehead atoms. The van der Waals surface area contributed by atoms with Crippen LogP contribution in [0.4, 0.5) is 0 Å². The maximum atomic E-state index is 12.3. The zero-order valence-corrected chi connectivity index (χ0v) is 12.5. The molecule has 0 rings (SSSR count). The molecule has 110 valence electrons. The van der Waals surface area contributed by atoms with Crippen molar-refractivity contribution in [2.45, 2.75) is 47.0 Å². The maximum Gasteiger partial charge on any atom is 0.324 e. The fourth-order valence-electron chi connectivity index (χ4n) is 2.28. The number of carbonyl (C=O) groups is 2. The van der Waals surface area contributed by atoms with Crippen LogP contribution in [0, 0.1) is 11.3 Å². The van der Waals surface area contributed by atoms with E-state index in [0.717, 1.165) is 12.8 Å². The quantitative estimate of drug-likeness (QED) is 0.367. The number of carbonyl (C=O) groups excluding carboxylic acids is 2. The van der Waals surface area contributed by atoms with E-state index in [9.17, 15) is 9.59 Å². The highest BCUT2D eigenvalue weighted by molar-refractivity contribution is 6.00. The number of allylic oxidation sites excluding steroid dienone is 1. The summed E-state index contributed by atoms with van der Waals surface area (Å²) in [5.74, 6) is -1.16. The van der Waals surface area contributed by atoms with Crippen LogP contribution < -0.4 is 0 Å². The Morgan fingerprint density at radius 2 is 1.63 bits per heavy atom. The minimum atomic E-state index is -1.26. The molecule has 0 amide bonds. The Kier molecular flexibility index (Phi) is 8.12. The van der Waals surface area contributed by atoms with E-state index in [1.165, 1.54) is 0 Å². The van der Waals surface area contributed by atoms with Gasteiger partial charge in [0.25, 0.3) is 0 Å². The minimum Gasteiger partial charge on any atom is -0.465 e. The Labute approximate surface area is 116 Å². The third-order valence-electron chi connectivity index (χ3n) is 3.31. The van der Waals surface area contributed by atoms with E-state index in [4.69, 9.17) is 9.47 Å². The summed E-state index contributed by atoms with van der Waals surface area (Å²) >= 11 is 0. The monoisotopic (exact) mass is 270 g/mol. The SMILES string of the molecule is C=CCC(C(=O)OCC)(C(=O)OCC)[C@@H](C)CCC. The molecule has 0 aliphatic carbocycles. The molecule has 0 N–H and O–H groups in total. The molecule has 0 saturated carbocycles. The van der Waals surface area contributed by atoms with Gasteiger partial charge < -0.3 is 9.47 Å². The van der Waals surface area contributed by atoms with E-state index < -0.39 is 17.4 Å². The Hall–Kier alpha value is -1.32. The summed E-state index contributed by atoms with van der Waals surface area (Å²) in [6.45, 7) is 11.5. The number of ether oxygens (including phenoxy) is 2. The molecule has 0 aromatic carbocycles. The van der Waals surface area contributed by atoms with Crippen LogP contribution in [-0.2, 0) is 19.1 Å². The summed E-state index contributed by atoms with van der Waals surface area (Å²) in [6, 6.07) is 0. The predicted molar refractivity (Wildman–Crippen MR) is 74.6 cm³/mol. The van der Waals surface area contributed by atoms with Crippen LogP contribution in [0.3, 0.4) is 0 Å². The van der Waals surface area contributed by atoms with Crippen molar-refractivity contribution in [2.24, 2.45) is 11.3 Å². The summed E-state index contributed by atoms with van der Waals surface area (Å²) in [5, 5.41) is 0. The lowest BCUT2D eigenvalue weighted by Gasteiger charge is -2.33. The molecule has 0 aromatic rings. The van der Waals surface area contributed by atoms with Gasteiger partial charge >= 0.3 is 11.9 Å². The van der Waals surface area contributed by atoms with Crippen molar-refractivity contribution in [3.8, 4) is 0 Å². The first-order chi connectivity index (χ1) is 9.00. The average molecular weight is 270 g/mol. The average Bonchev–Trinajstić information content (AvgIpc) is 2.36. The summed E-state index contributed by atoms with van der Waals surface area (Å²) in [4.78, 5) is 24.6. The summed E-state index contributed by atoms with van der Waals surface area (Å²) < 4.78 is 10.2. The molecule has 19 heavy (non-hydrogen) atoms. The zero-order chi connectivity index (χ0) is 14.9. The van der Waals surface area contributed by atoms with Crippen molar-refractivity contribution in [1.29, 1.82) is 0 Å². The van der Waals surface area contributed by atoms with Gasteiger partial charge in [-0.25, -0.2) is 0 Å². The molecule has 4 nitrogen and oxygen atoms in total. The summed E-state index contributed by atoms with van der Waals surface area (Å²) in [6.07, 6.45) is 3.47. The van der Waals surface area contributed by atoms with Crippen LogP contribution >= 0.6 is 0 Å². The molecule has 0 aliphatic heterocycles. The van der Waals surface area contributed by atoms with Gasteiger partial charge in [-0.15, -0.1) is 6.58 Å². The highest BCUT2D eigenvalue weighted by atomic mass is 16.6. The van der Waals surface area contributed by atoms with E-state index in [1.54, 1.807) is 19.9 Å². The topological polar surface area (TPSA) is 52.6 Å². The van der Waals surface area contributed by atoms with E-state index in [-0.39, 0.29) is 25.6 Å². The molecule has 0 saturated heterocycles. The van der Waals surface area contributed by atoms with Gasteiger partial charge in [-0.3, -0.25) is 9.59 Å². The number of esters is 2. The van der Waals surface area contributed by atoms with Crippen molar-refractivity contribution in [3.63, 3.8) is 0 Å². The van der Waals surface area contributed by atoms with E-state index in [1.807, 2.05) is 13.8 Å². The van der Waals surface area contributed by atoms with Crippen LogP contribution in [0.5, 0.6) is 0 Å². The third-order valence-corrected chi connectivity index (χ3v) is 3.31. The molecule has 0 spiro atoms. The van der Waals surface area contributed by atoms with Crippen molar-refractivity contribution in [1.82, 2.24) is 0 Å². The smallest absolute Gasteiger partial charge is 0.324 e. The number of hydrogen-bond donors (Lipinski definition) is 0. The molecule has 0 fully saturated rings. The van der Waals surface area contributed by atoms with Crippen LogP contribution in [-0.4, -0.2) is 25.2 Å². The molecule has 1 atom stereocenters.